The van der Waals surface area contributed by atoms with Crippen LogP contribution in [0.5, 0.6) is 0 Å². The second-order valence-electron chi connectivity index (χ2n) is 5.39. The van der Waals surface area contributed by atoms with Gasteiger partial charge in [0.15, 0.2) is 0 Å². The van der Waals surface area contributed by atoms with Crippen LogP contribution in [0.25, 0.3) is 0 Å². The van der Waals surface area contributed by atoms with E-state index in [9.17, 15) is 0 Å². The first-order valence-electron chi connectivity index (χ1n) is 7.84. The summed E-state index contributed by atoms with van der Waals surface area (Å²) < 4.78 is 0. The lowest BCUT2D eigenvalue weighted by Crippen LogP contribution is -2.32. The molecule has 0 N–H and O–H groups in total. The maximum Gasteiger partial charge on any atom is 0.225 e. The molecule has 5 heteroatoms. The summed E-state index contributed by atoms with van der Waals surface area (Å²) in [5.41, 5.74) is 0. The number of hydrogen-bond donors (Lipinski definition) is 0. The Hall–Kier alpha value is -1.59. The summed E-state index contributed by atoms with van der Waals surface area (Å²) in [4.78, 5) is 14.9. The Kier molecular flexibility index (Phi) is 5.67. The molecule has 1 aliphatic heterocycles. The zero-order valence-electron chi connectivity index (χ0n) is 12.8. The van der Waals surface area contributed by atoms with Gasteiger partial charge >= 0.3 is 0 Å². The van der Waals surface area contributed by atoms with E-state index < -0.39 is 0 Å². The highest BCUT2D eigenvalue weighted by Gasteiger charge is 2.16. The molecular formula is C17H22N4S. The molecule has 1 aromatic heterocycles. The molecule has 3 rings (SSSR count). The Balaban J connectivity index is 1.44. The highest BCUT2D eigenvalue weighted by molar-refractivity contribution is 7.99. The molecule has 0 aliphatic carbocycles. The zero-order valence-corrected chi connectivity index (χ0v) is 13.6. The van der Waals surface area contributed by atoms with Crippen molar-refractivity contribution in [1.29, 1.82) is 0 Å². The lowest BCUT2D eigenvalue weighted by Gasteiger charge is -2.21. The van der Waals surface area contributed by atoms with E-state index in [2.05, 4.69) is 50.1 Å². The predicted octanol–water partition coefficient (Wildman–Crippen LogP) is 2.78. The van der Waals surface area contributed by atoms with Crippen LogP contribution >= 0.6 is 11.8 Å². The predicted molar refractivity (Wildman–Crippen MR) is 92.5 cm³/mol. The van der Waals surface area contributed by atoms with Gasteiger partial charge in [-0.15, -0.1) is 11.8 Å². The minimum Gasteiger partial charge on any atom is -0.339 e. The topological polar surface area (TPSA) is 32.3 Å². The Morgan fingerprint density at radius 2 is 1.73 bits per heavy atom. The van der Waals surface area contributed by atoms with Gasteiger partial charge in [0.05, 0.1) is 0 Å². The van der Waals surface area contributed by atoms with Gasteiger partial charge in [0.25, 0.3) is 0 Å². The van der Waals surface area contributed by atoms with Crippen LogP contribution in [0.15, 0.2) is 53.7 Å². The fourth-order valence-electron chi connectivity index (χ4n) is 2.66. The number of thioether (sulfide) groups is 1. The number of hydrogen-bond acceptors (Lipinski definition) is 5. The van der Waals surface area contributed by atoms with E-state index in [1.807, 2.05) is 30.2 Å². The maximum atomic E-state index is 4.36. The van der Waals surface area contributed by atoms with Crippen LogP contribution in [-0.4, -0.2) is 53.3 Å². The highest BCUT2D eigenvalue weighted by Crippen LogP contribution is 2.17. The standard InChI is InChI=1S/C17H22N4S/c1-2-6-16(7-3-1)22-15-14-20-10-5-11-21(13-12-20)17-18-8-4-9-19-17/h1-4,6-9H,5,10-15H2. The second kappa shape index (κ2) is 8.15. The van der Waals surface area contributed by atoms with E-state index in [0.717, 1.165) is 37.9 Å². The van der Waals surface area contributed by atoms with E-state index >= 15 is 0 Å². The maximum absolute atomic E-state index is 4.36. The third-order valence-electron chi connectivity index (χ3n) is 3.84. The van der Waals surface area contributed by atoms with Gasteiger partial charge in [-0.25, -0.2) is 9.97 Å². The van der Waals surface area contributed by atoms with Gasteiger partial charge < -0.3 is 9.80 Å². The van der Waals surface area contributed by atoms with Crippen molar-refractivity contribution in [2.24, 2.45) is 0 Å². The fourth-order valence-corrected chi connectivity index (χ4v) is 3.59. The highest BCUT2D eigenvalue weighted by atomic mass is 32.2. The largest absolute Gasteiger partial charge is 0.339 e. The molecule has 116 valence electrons. The molecule has 0 radical (unpaired) electrons. The number of anilines is 1. The molecule has 2 heterocycles. The summed E-state index contributed by atoms with van der Waals surface area (Å²) in [6.45, 7) is 5.46. The van der Waals surface area contributed by atoms with Gasteiger partial charge in [-0.1, -0.05) is 18.2 Å². The molecule has 0 spiro atoms. The Morgan fingerprint density at radius 3 is 2.55 bits per heavy atom. The van der Waals surface area contributed by atoms with Crippen molar-refractivity contribution in [3.8, 4) is 0 Å². The van der Waals surface area contributed by atoms with Gasteiger partial charge in [-0.3, -0.25) is 0 Å². The first-order chi connectivity index (χ1) is 10.9. The van der Waals surface area contributed by atoms with Gasteiger partial charge in [-0.05, 0) is 31.2 Å². The summed E-state index contributed by atoms with van der Waals surface area (Å²) in [7, 11) is 0. The van der Waals surface area contributed by atoms with Crippen molar-refractivity contribution < 1.29 is 0 Å². The normalized spacial score (nSPS) is 16.5. The summed E-state index contributed by atoms with van der Waals surface area (Å²) in [6, 6.07) is 12.5. The molecule has 0 bridgehead atoms. The fraction of sp³-hybridized carbons (Fsp3) is 0.412. The van der Waals surface area contributed by atoms with Crippen molar-refractivity contribution in [2.75, 3.05) is 43.4 Å². The lowest BCUT2D eigenvalue weighted by molar-refractivity contribution is 0.312. The molecule has 0 atom stereocenters. The minimum atomic E-state index is 0.864. The third kappa shape index (κ3) is 4.45. The molecular weight excluding hydrogens is 292 g/mol. The van der Waals surface area contributed by atoms with Crippen LogP contribution in [0, 0.1) is 0 Å². The SMILES string of the molecule is c1ccc(SCCN2CCCN(c3ncccn3)CC2)cc1. The van der Waals surface area contributed by atoms with Crippen molar-refractivity contribution in [3.63, 3.8) is 0 Å². The minimum absolute atomic E-state index is 0.864. The molecule has 2 aromatic rings. The van der Waals surface area contributed by atoms with Crippen LogP contribution in [0.3, 0.4) is 0 Å². The monoisotopic (exact) mass is 314 g/mol. The van der Waals surface area contributed by atoms with Crippen LogP contribution in [0.2, 0.25) is 0 Å². The van der Waals surface area contributed by atoms with Crippen molar-refractivity contribution in [3.05, 3.63) is 48.8 Å². The Bertz CT molecular complexity index is 549. The van der Waals surface area contributed by atoms with E-state index in [0.29, 0.717) is 0 Å². The molecule has 4 nitrogen and oxygen atoms in total. The van der Waals surface area contributed by atoms with Gasteiger partial charge in [0, 0.05) is 49.2 Å². The zero-order chi connectivity index (χ0) is 15.0. The van der Waals surface area contributed by atoms with Gasteiger partial charge in [-0.2, -0.15) is 0 Å². The molecule has 1 saturated heterocycles. The van der Waals surface area contributed by atoms with Crippen LogP contribution < -0.4 is 4.90 Å². The number of nitrogens with zero attached hydrogens (tertiary/aromatic N) is 4. The van der Waals surface area contributed by atoms with Gasteiger partial charge in [0.2, 0.25) is 5.95 Å². The average Bonchev–Trinajstić information content (AvgIpc) is 2.82. The van der Waals surface area contributed by atoms with E-state index in [1.165, 1.54) is 17.9 Å². The quantitative estimate of drug-likeness (QED) is 0.792. The lowest BCUT2D eigenvalue weighted by atomic mass is 10.4. The van der Waals surface area contributed by atoms with Crippen LogP contribution in [0.4, 0.5) is 5.95 Å². The molecule has 22 heavy (non-hydrogen) atoms. The molecule has 0 saturated carbocycles. The summed E-state index contributed by atoms with van der Waals surface area (Å²) in [5.74, 6) is 2.01. The average molecular weight is 314 g/mol. The summed E-state index contributed by atoms with van der Waals surface area (Å²) in [5, 5.41) is 0. The van der Waals surface area contributed by atoms with E-state index in [1.54, 1.807) is 0 Å². The number of benzene rings is 1. The molecule has 0 unspecified atom stereocenters. The molecule has 1 aliphatic rings. The molecule has 1 fully saturated rings. The van der Waals surface area contributed by atoms with Crippen LogP contribution in [0.1, 0.15) is 6.42 Å². The second-order valence-corrected chi connectivity index (χ2v) is 6.56. The first-order valence-corrected chi connectivity index (χ1v) is 8.82. The Morgan fingerprint density at radius 1 is 0.909 bits per heavy atom. The third-order valence-corrected chi connectivity index (χ3v) is 4.84. The van der Waals surface area contributed by atoms with E-state index in [-0.39, 0.29) is 0 Å². The van der Waals surface area contributed by atoms with Crippen molar-refractivity contribution >= 4 is 17.7 Å². The van der Waals surface area contributed by atoms with E-state index in [4.69, 9.17) is 0 Å². The van der Waals surface area contributed by atoms with Crippen molar-refractivity contribution in [2.45, 2.75) is 11.3 Å². The van der Waals surface area contributed by atoms with Crippen molar-refractivity contribution in [1.82, 2.24) is 14.9 Å². The smallest absolute Gasteiger partial charge is 0.225 e. The molecule has 0 amide bonds. The molecule has 1 aromatic carbocycles. The number of aromatic nitrogens is 2. The van der Waals surface area contributed by atoms with Gasteiger partial charge in [0.1, 0.15) is 0 Å². The number of rotatable bonds is 5. The van der Waals surface area contributed by atoms with Crippen LogP contribution in [-0.2, 0) is 0 Å². The summed E-state index contributed by atoms with van der Waals surface area (Å²) >= 11 is 1.94. The summed E-state index contributed by atoms with van der Waals surface area (Å²) in [6.07, 6.45) is 4.82. The Labute approximate surface area is 136 Å². The first kappa shape index (κ1) is 15.3.